The van der Waals surface area contributed by atoms with E-state index in [0.29, 0.717) is 25.3 Å². The quantitative estimate of drug-likeness (QED) is 0.368. The molecule has 4 rings (SSSR count). The fourth-order valence-corrected chi connectivity index (χ4v) is 4.60. The van der Waals surface area contributed by atoms with Gasteiger partial charge in [-0.2, -0.15) is 0 Å². The van der Waals surface area contributed by atoms with Gasteiger partial charge in [-0.05, 0) is 43.8 Å². The van der Waals surface area contributed by atoms with Crippen LogP contribution in [0.25, 0.3) is 0 Å². The van der Waals surface area contributed by atoms with Crippen molar-refractivity contribution in [1.82, 2.24) is 19.8 Å². The molecule has 2 aromatic carbocycles. The molecule has 2 heterocycles. The van der Waals surface area contributed by atoms with Crippen molar-refractivity contribution in [2.24, 2.45) is 5.92 Å². The van der Waals surface area contributed by atoms with Crippen molar-refractivity contribution >= 4 is 23.5 Å². The summed E-state index contributed by atoms with van der Waals surface area (Å²) in [6.07, 6.45) is 3.84. The van der Waals surface area contributed by atoms with Crippen molar-refractivity contribution in [3.8, 4) is 5.75 Å². The van der Waals surface area contributed by atoms with Crippen molar-refractivity contribution in [3.05, 3.63) is 83.4 Å². The first kappa shape index (κ1) is 28.7. The summed E-state index contributed by atoms with van der Waals surface area (Å²) < 4.78 is 6.53. The Bertz CT molecular complexity index is 1350. The highest BCUT2D eigenvalue weighted by Crippen LogP contribution is 2.35. The minimum absolute atomic E-state index is 0.117. The van der Waals surface area contributed by atoms with Crippen molar-refractivity contribution in [2.45, 2.75) is 32.5 Å². The number of para-hydroxylation sites is 1. The van der Waals surface area contributed by atoms with Gasteiger partial charge in [-0.15, -0.1) is 0 Å². The van der Waals surface area contributed by atoms with Gasteiger partial charge < -0.3 is 25.2 Å². The molecule has 0 fully saturated rings. The number of nitrogens with one attached hydrogen (secondary N) is 1. The monoisotopic (exact) mass is 547 g/mol. The van der Waals surface area contributed by atoms with E-state index >= 15 is 0 Å². The number of benzene rings is 2. The van der Waals surface area contributed by atoms with Gasteiger partial charge in [0.25, 0.3) is 11.8 Å². The summed E-state index contributed by atoms with van der Waals surface area (Å²) in [4.78, 5) is 49.4. The Morgan fingerprint density at radius 2 is 1.95 bits per heavy atom. The molecule has 0 saturated heterocycles. The maximum absolute atomic E-state index is 13.6. The van der Waals surface area contributed by atoms with Crippen LogP contribution < -0.4 is 10.1 Å². The number of aromatic nitrogens is 2. The zero-order chi connectivity index (χ0) is 28.8. The first-order chi connectivity index (χ1) is 19.2. The number of ether oxygens (including phenoxy) is 1. The van der Waals surface area contributed by atoms with Crippen molar-refractivity contribution < 1.29 is 29.3 Å². The zero-order valence-electron chi connectivity index (χ0n) is 22.7. The van der Waals surface area contributed by atoms with E-state index in [1.165, 1.54) is 18.6 Å². The van der Waals surface area contributed by atoms with E-state index in [1.807, 2.05) is 14.0 Å². The number of carbonyl (C=O) groups is 3. The first-order valence-electron chi connectivity index (χ1n) is 13.0. The Labute approximate surface area is 232 Å². The van der Waals surface area contributed by atoms with E-state index in [9.17, 15) is 19.5 Å². The molecule has 0 unspecified atom stereocenters. The molecule has 0 radical (unpaired) electrons. The van der Waals surface area contributed by atoms with Crippen LogP contribution >= 0.6 is 0 Å². The second-order valence-corrected chi connectivity index (χ2v) is 10.0. The lowest BCUT2D eigenvalue weighted by atomic mass is 9.98. The number of rotatable bonds is 9. The first-order valence-corrected chi connectivity index (χ1v) is 13.0. The van der Waals surface area contributed by atoms with Gasteiger partial charge in [0.2, 0.25) is 0 Å². The Morgan fingerprint density at radius 1 is 1.20 bits per heavy atom. The smallest absolute Gasteiger partial charge is 0.335 e. The minimum Gasteiger partial charge on any atom is -0.486 e. The Balaban J connectivity index is 1.64. The van der Waals surface area contributed by atoms with Crippen LogP contribution in [0.15, 0.2) is 61.1 Å². The summed E-state index contributed by atoms with van der Waals surface area (Å²) in [5.41, 5.74) is 1.88. The van der Waals surface area contributed by atoms with Gasteiger partial charge in [-0.3, -0.25) is 19.5 Å². The molecule has 0 aliphatic carbocycles. The van der Waals surface area contributed by atoms with E-state index in [2.05, 4.69) is 20.2 Å². The molecule has 3 aromatic rings. The van der Waals surface area contributed by atoms with Gasteiger partial charge in [0.1, 0.15) is 11.8 Å². The Hall–Kier alpha value is -4.35. The van der Waals surface area contributed by atoms with E-state index in [-0.39, 0.29) is 41.0 Å². The number of nitrogens with zero attached hydrogens (tertiary/aromatic N) is 4. The maximum Gasteiger partial charge on any atom is 0.335 e. The van der Waals surface area contributed by atoms with Crippen LogP contribution in [0.5, 0.6) is 5.75 Å². The second kappa shape index (κ2) is 12.7. The van der Waals surface area contributed by atoms with E-state index in [0.717, 1.165) is 5.56 Å². The number of likely N-dealkylation sites (N-methyl/N-ethyl adjacent to an activating group) is 1. The molecule has 2 amide bonds. The number of fused-ring (bicyclic) bond motifs is 1. The predicted octanol–water partition coefficient (Wildman–Crippen LogP) is 2.78. The second-order valence-electron chi connectivity index (χ2n) is 10.0. The largest absolute Gasteiger partial charge is 0.486 e. The molecule has 0 bridgehead atoms. The third-order valence-electron chi connectivity index (χ3n) is 6.88. The number of amides is 2. The summed E-state index contributed by atoms with van der Waals surface area (Å²) in [6.45, 7) is 4.95. The lowest BCUT2D eigenvalue weighted by molar-refractivity contribution is 0.0343. The van der Waals surface area contributed by atoms with Crippen LogP contribution in [-0.2, 0) is 6.54 Å². The van der Waals surface area contributed by atoms with Crippen molar-refractivity contribution in [3.63, 3.8) is 0 Å². The molecule has 210 valence electrons. The fraction of sp³-hybridized carbons (Fsp3) is 0.345. The number of hydrogen-bond donors (Lipinski definition) is 3. The van der Waals surface area contributed by atoms with Crippen LogP contribution in [0.4, 0.5) is 5.69 Å². The van der Waals surface area contributed by atoms with Gasteiger partial charge in [0.05, 0.1) is 35.7 Å². The SMILES string of the molecule is C[C@H]1CN([C@@H](C)CO)C(=O)c2cccc(NC(=O)c3cnccn3)c2O[C@H]1CN(C)Cc1ccc(C(=O)O)cc1. The highest BCUT2D eigenvalue weighted by atomic mass is 16.5. The molecule has 1 aliphatic heterocycles. The lowest BCUT2D eigenvalue weighted by Gasteiger charge is -2.38. The third kappa shape index (κ3) is 6.61. The summed E-state index contributed by atoms with van der Waals surface area (Å²) >= 11 is 0. The Morgan fingerprint density at radius 3 is 2.60 bits per heavy atom. The number of anilines is 1. The average Bonchev–Trinajstić information content (AvgIpc) is 2.95. The molecule has 3 N–H and O–H groups in total. The summed E-state index contributed by atoms with van der Waals surface area (Å²) in [6, 6.07) is 11.3. The topological polar surface area (TPSA) is 145 Å². The molecular weight excluding hydrogens is 514 g/mol. The van der Waals surface area contributed by atoms with Crippen LogP contribution in [0.3, 0.4) is 0 Å². The summed E-state index contributed by atoms with van der Waals surface area (Å²) in [5.74, 6) is -1.66. The molecule has 1 aromatic heterocycles. The van der Waals surface area contributed by atoms with Gasteiger partial charge in [-0.1, -0.05) is 25.1 Å². The van der Waals surface area contributed by atoms with Crippen molar-refractivity contribution in [1.29, 1.82) is 0 Å². The lowest BCUT2D eigenvalue weighted by Crippen LogP contribution is -2.49. The standard InChI is InChI=1S/C29H33N5O6/c1-18-14-34(19(2)17-35)28(37)22-5-4-6-23(32-27(36)24-13-30-11-12-31-24)26(22)40-25(18)16-33(3)15-20-7-9-21(10-8-20)29(38)39/h4-13,18-19,25,35H,14-17H2,1-3H3,(H,32,36)(H,38,39)/t18-,19-,25-/m0/s1. The summed E-state index contributed by atoms with van der Waals surface area (Å²) in [7, 11) is 1.93. The highest BCUT2D eigenvalue weighted by molar-refractivity contribution is 6.06. The molecule has 0 saturated carbocycles. The van der Waals surface area contributed by atoms with Crippen LogP contribution in [0.1, 0.15) is 50.6 Å². The predicted molar refractivity (Wildman–Crippen MR) is 147 cm³/mol. The number of hydrogen-bond acceptors (Lipinski definition) is 8. The number of aliphatic hydroxyl groups excluding tert-OH is 1. The molecule has 11 heteroatoms. The van der Waals surface area contributed by atoms with Gasteiger partial charge in [-0.25, -0.2) is 9.78 Å². The fourth-order valence-electron chi connectivity index (χ4n) is 4.60. The molecular formula is C29H33N5O6. The number of carbonyl (C=O) groups excluding carboxylic acids is 2. The molecule has 11 nitrogen and oxygen atoms in total. The van der Waals surface area contributed by atoms with E-state index < -0.39 is 24.0 Å². The molecule has 1 aliphatic rings. The van der Waals surface area contributed by atoms with Crippen LogP contribution in [0, 0.1) is 5.92 Å². The number of aliphatic hydroxyl groups is 1. The number of carboxylic acids is 1. The van der Waals surface area contributed by atoms with E-state index in [4.69, 9.17) is 9.84 Å². The van der Waals surface area contributed by atoms with Crippen LogP contribution in [0.2, 0.25) is 0 Å². The van der Waals surface area contributed by atoms with Crippen molar-refractivity contribution in [2.75, 3.05) is 32.1 Å². The Kier molecular flexibility index (Phi) is 9.08. The normalized spacial score (nSPS) is 17.8. The third-order valence-corrected chi connectivity index (χ3v) is 6.88. The van der Waals surface area contributed by atoms with Gasteiger partial charge in [0, 0.05) is 37.9 Å². The molecule has 3 atom stereocenters. The zero-order valence-corrected chi connectivity index (χ0v) is 22.7. The highest BCUT2D eigenvalue weighted by Gasteiger charge is 2.34. The van der Waals surface area contributed by atoms with E-state index in [1.54, 1.807) is 54.3 Å². The summed E-state index contributed by atoms with van der Waals surface area (Å²) in [5, 5.41) is 21.9. The van der Waals surface area contributed by atoms with Crippen LogP contribution in [-0.4, -0.2) is 86.7 Å². The minimum atomic E-state index is -0.978. The maximum atomic E-state index is 13.6. The molecule has 0 spiro atoms. The van der Waals surface area contributed by atoms with Gasteiger partial charge >= 0.3 is 5.97 Å². The number of carboxylic acid groups (broad SMARTS) is 1. The number of aromatic carboxylic acids is 1. The van der Waals surface area contributed by atoms with Gasteiger partial charge in [0.15, 0.2) is 5.75 Å². The average molecular weight is 548 g/mol. The molecule has 40 heavy (non-hydrogen) atoms.